The van der Waals surface area contributed by atoms with Crippen LogP contribution in [-0.2, 0) is 5.41 Å². The Morgan fingerprint density at radius 3 is 1.37 bits per heavy atom. The molecule has 294 valence electrons. The number of para-hydroxylation sites is 3. The summed E-state index contributed by atoms with van der Waals surface area (Å²) in [5, 5.41) is 2.52. The predicted octanol–water partition coefficient (Wildman–Crippen LogP) is 15.9. The maximum Gasteiger partial charge on any atom is 0.0726 e. The molecule has 2 heteroatoms. The zero-order chi connectivity index (χ0) is 41.5. The van der Waals surface area contributed by atoms with Crippen molar-refractivity contribution in [3.05, 3.63) is 265 Å². The van der Waals surface area contributed by atoms with Crippen molar-refractivity contribution in [1.82, 2.24) is 4.57 Å². The van der Waals surface area contributed by atoms with Gasteiger partial charge in [0, 0.05) is 33.5 Å². The van der Waals surface area contributed by atoms with Gasteiger partial charge in [0.05, 0.1) is 16.4 Å². The molecule has 2 nitrogen and oxygen atoms in total. The molecule has 0 fully saturated rings. The Balaban J connectivity index is 0.873. The van der Waals surface area contributed by atoms with Crippen molar-refractivity contribution in [1.29, 1.82) is 0 Å². The third kappa shape index (κ3) is 5.25. The number of rotatable bonds is 6. The molecule has 0 N–H and O–H groups in total. The summed E-state index contributed by atoms with van der Waals surface area (Å²) in [7, 11) is 0. The smallest absolute Gasteiger partial charge is 0.0726 e. The van der Waals surface area contributed by atoms with Gasteiger partial charge in [0.2, 0.25) is 0 Å². The van der Waals surface area contributed by atoms with Crippen molar-refractivity contribution in [3.8, 4) is 50.2 Å². The van der Waals surface area contributed by atoms with Crippen LogP contribution in [0.2, 0.25) is 0 Å². The van der Waals surface area contributed by atoms with E-state index in [4.69, 9.17) is 0 Å². The van der Waals surface area contributed by atoms with Gasteiger partial charge in [-0.15, -0.1) is 0 Å². The minimum absolute atomic E-state index is 0.402. The van der Waals surface area contributed by atoms with Gasteiger partial charge in [-0.05, 0) is 133 Å². The Morgan fingerprint density at radius 2 is 0.730 bits per heavy atom. The van der Waals surface area contributed by atoms with E-state index in [0.717, 1.165) is 17.1 Å². The molecule has 63 heavy (non-hydrogen) atoms. The zero-order valence-electron chi connectivity index (χ0n) is 34.5. The van der Waals surface area contributed by atoms with Crippen molar-refractivity contribution >= 4 is 38.9 Å². The second-order valence-electron chi connectivity index (χ2n) is 16.8. The number of benzene rings is 10. The molecule has 1 aromatic heterocycles. The second kappa shape index (κ2) is 13.9. The summed E-state index contributed by atoms with van der Waals surface area (Å²) < 4.78 is 2.37. The highest BCUT2D eigenvalue weighted by molar-refractivity contribution is 6.10. The largest absolute Gasteiger partial charge is 0.310 e. The van der Waals surface area contributed by atoms with Gasteiger partial charge in [-0.3, -0.25) is 0 Å². The summed E-state index contributed by atoms with van der Waals surface area (Å²) in [6.07, 6.45) is 0. The van der Waals surface area contributed by atoms with Gasteiger partial charge in [0.1, 0.15) is 0 Å². The lowest BCUT2D eigenvalue weighted by atomic mass is 9.70. The quantitative estimate of drug-likeness (QED) is 0.163. The van der Waals surface area contributed by atoms with Gasteiger partial charge >= 0.3 is 0 Å². The fourth-order valence-electron chi connectivity index (χ4n) is 10.9. The number of aromatic nitrogens is 1. The van der Waals surface area contributed by atoms with Crippen molar-refractivity contribution in [2.45, 2.75) is 5.41 Å². The van der Waals surface area contributed by atoms with E-state index < -0.39 is 5.41 Å². The highest BCUT2D eigenvalue weighted by Crippen LogP contribution is 2.63. The van der Waals surface area contributed by atoms with E-state index in [1.165, 1.54) is 94.3 Å². The van der Waals surface area contributed by atoms with E-state index >= 15 is 0 Å². The molecule has 2 aliphatic rings. The lowest BCUT2D eigenvalue weighted by molar-refractivity contribution is 0.793. The number of fused-ring (bicyclic) bond motifs is 13. The van der Waals surface area contributed by atoms with Crippen LogP contribution in [0.25, 0.3) is 72.0 Å². The molecule has 0 bridgehead atoms. The first-order chi connectivity index (χ1) is 31.3. The van der Waals surface area contributed by atoms with Gasteiger partial charge < -0.3 is 9.47 Å². The van der Waals surface area contributed by atoms with Crippen molar-refractivity contribution in [3.63, 3.8) is 0 Å². The Bertz CT molecular complexity index is 3480. The minimum atomic E-state index is -0.402. The summed E-state index contributed by atoms with van der Waals surface area (Å²) in [5.74, 6) is 0. The fraction of sp³-hybridized carbons (Fsp3) is 0.0164. The molecule has 0 saturated carbocycles. The van der Waals surface area contributed by atoms with Crippen LogP contribution in [0.4, 0.5) is 17.1 Å². The van der Waals surface area contributed by atoms with Crippen LogP contribution in [0.3, 0.4) is 0 Å². The highest BCUT2D eigenvalue weighted by Gasteiger charge is 2.51. The third-order valence-corrected chi connectivity index (χ3v) is 13.6. The normalized spacial score (nSPS) is 12.9. The van der Waals surface area contributed by atoms with Crippen LogP contribution in [0.1, 0.15) is 22.3 Å². The molecule has 11 aromatic rings. The molecule has 0 unspecified atom stereocenters. The standard InChI is InChI=1S/C61H40N2/c1-3-15-45(16-4-1)62(48-36-37-52-51-21-9-13-25-57(51)61(58(52)40-48)55-23-11-7-19-49(55)50-20-8-12-24-56(50)61)47-34-31-42(32-35-47)41-27-29-43(30-28-41)44-33-38-60-54(39-44)53-22-10-14-26-59(53)63(60)46-17-5-2-6-18-46/h1-40H. The Kier molecular flexibility index (Phi) is 7.85. The number of anilines is 3. The molecule has 0 radical (unpaired) electrons. The molecule has 2 aliphatic carbocycles. The van der Waals surface area contributed by atoms with Gasteiger partial charge in [-0.1, -0.05) is 176 Å². The number of hydrogen-bond donors (Lipinski definition) is 0. The SMILES string of the molecule is c1ccc(N(c2ccc(-c3ccc(-c4ccc5c(c4)c4ccccc4n5-c4ccccc4)cc3)cc2)c2ccc3c(c2)C2(c4ccccc4-c4ccccc42)c2ccccc2-3)cc1. The first kappa shape index (κ1) is 35.5. The highest BCUT2D eigenvalue weighted by atomic mass is 15.1. The average Bonchev–Trinajstić information content (AvgIpc) is 3.96. The summed E-state index contributed by atoms with van der Waals surface area (Å²) in [5.41, 5.74) is 22.0. The Morgan fingerprint density at radius 1 is 0.286 bits per heavy atom. The van der Waals surface area contributed by atoms with E-state index in [1.807, 2.05) is 0 Å². The minimum Gasteiger partial charge on any atom is -0.310 e. The first-order valence-corrected chi connectivity index (χ1v) is 21.8. The molecule has 13 rings (SSSR count). The number of nitrogens with zero attached hydrogens (tertiary/aromatic N) is 2. The molecule has 0 amide bonds. The molecule has 1 heterocycles. The first-order valence-electron chi connectivity index (χ1n) is 21.8. The predicted molar refractivity (Wildman–Crippen MR) is 263 cm³/mol. The monoisotopic (exact) mass is 800 g/mol. The van der Waals surface area contributed by atoms with Crippen molar-refractivity contribution in [2.75, 3.05) is 4.90 Å². The maximum atomic E-state index is 2.46. The summed E-state index contributed by atoms with van der Waals surface area (Å²) in [4.78, 5) is 2.40. The van der Waals surface area contributed by atoms with Gasteiger partial charge in [0.25, 0.3) is 0 Å². The molecule has 0 atom stereocenters. The summed E-state index contributed by atoms with van der Waals surface area (Å²) in [6.45, 7) is 0. The molecule has 10 aromatic carbocycles. The van der Waals surface area contributed by atoms with E-state index in [-0.39, 0.29) is 0 Å². The topological polar surface area (TPSA) is 8.17 Å². The van der Waals surface area contributed by atoms with Gasteiger partial charge in [-0.2, -0.15) is 0 Å². The average molecular weight is 801 g/mol. The lowest BCUT2D eigenvalue weighted by Crippen LogP contribution is -2.26. The Hall–Kier alpha value is -8.20. The van der Waals surface area contributed by atoms with E-state index in [9.17, 15) is 0 Å². The van der Waals surface area contributed by atoms with Crippen molar-refractivity contribution < 1.29 is 0 Å². The molecular weight excluding hydrogens is 761 g/mol. The van der Waals surface area contributed by atoms with Crippen LogP contribution in [-0.4, -0.2) is 4.57 Å². The molecular formula is C61H40N2. The van der Waals surface area contributed by atoms with Crippen LogP contribution >= 0.6 is 0 Å². The fourth-order valence-corrected chi connectivity index (χ4v) is 10.9. The van der Waals surface area contributed by atoms with Crippen LogP contribution in [0.15, 0.2) is 243 Å². The van der Waals surface area contributed by atoms with Crippen LogP contribution in [0, 0.1) is 0 Å². The number of hydrogen-bond acceptors (Lipinski definition) is 1. The summed E-state index contributed by atoms with van der Waals surface area (Å²) in [6, 6.07) is 89.3. The van der Waals surface area contributed by atoms with Crippen LogP contribution < -0.4 is 4.90 Å². The molecule has 1 spiro atoms. The van der Waals surface area contributed by atoms with Gasteiger partial charge in [0.15, 0.2) is 0 Å². The zero-order valence-corrected chi connectivity index (χ0v) is 34.5. The van der Waals surface area contributed by atoms with Crippen molar-refractivity contribution in [2.24, 2.45) is 0 Å². The maximum absolute atomic E-state index is 2.46. The molecule has 0 saturated heterocycles. The second-order valence-corrected chi connectivity index (χ2v) is 16.8. The Labute approximate surface area is 367 Å². The molecule has 0 aliphatic heterocycles. The lowest BCUT2D eigenvalue weighted by Gasteiger charge is -2.32. The van der Waals surface area contributed by atoms with E-state index in [1.54, 1.807) is 0 Å². The van der Waals surface area contributed by atoms with Gasteiger partial charge in [-0.25, -0.2) is 0 Å². The third-order valence-electron chi connectivity index (χ3n) is 13.6. The van der Waals surface area contributed by atoms with E-state index in [2.05, 4.69) is 252 Å². The van der Waals surface area contributed by atoms with Crippen LogP contribution in [0.5, 0.6) is 0 Å². The van der Waals surface area contributed by atoms with E-state index in [0.29, 0.717) is 0 Å². The summed E-state index contributed by atoms with van der Waals surface area (Å²) >= 11 is 0.